The van der Waals surface area contributed by atoms with Gasteiger partial charge in [-0.05, 0) is 62.7 Å². The summed E-state index contributed by atoms with van der Waals surface area (Å²) in [5.41, 5.74) is 4.01. The fourth-order valence-electron chi connectivity index (χ4n) is 4.27. The monoisotopic (exact) mass is 276 g/mol. The lowest BCUT2D eigenvalue weighted by molar-refractivity contribution is -0.131. The van der Waals surface area contributed by atoms with Crippen molar-refractivity contribution in [2.45, 2.75) is 71.6 Å². The van der Waals surface area contributed by atoms with Crippen molar-refractivity contribution in [3.63, 3.8) is 0 Å². The van der Waals surface area contributed by atoms with Crippen molar-refractivity contribution in [3.05, 3.63) is 23.3 Å². The van der Waals surface area contributed by atoms with Crippen molar-refractivity contribution >= 4 is 5.97 Å². The number of carbonyl (C=O) groups is 1. The van der Waals surface area contributed by atoms with Gasteiger partial charge in [0.05, 0.1) is 0 Å². The van der Waals surface area contributed by atoms with Crippen LogP contribution in [0.15, 0.2) is 23.3 Å². The molecular formula is C18H28O2. The minimum Gasteiger partial charge on any atom is -0.478 e. The quantitative estimate of drug-likeness (QED) is 0.541. The van der Waals surface area contributed by atoms with Gasteiger partial charge in [-0.1, -0.05) is 37.5 Å². The first-order chi connectivity index (χ1) is 9.57. The van der Waals surface area contributed by atoms with Crippen LogP contribution in [0, 0.1) is 11.3 Å². The number of rotatable bonds is 6. The molecule has 0 aromatic carbocycles. The van der Waals surface area contributed by atoms with E-state index in [4.69, 9.17) is 5.11 Å². The van der Waals surface area contributed by atoms with E-state index in [1.807, 2.05) is 6.08 Å². The number of aliphatic carboxylic acids is 1. The molecule has 2 aliphatic rings. The van der Waals surface area contributed by atoms with Gasteiger partial charge >= 0.3 is 5.97 Å². The molecule has 0 aliphatic heterocycles. The molecule has 2 heteroatoms. The maximum Gasteiger partial charge on any atom is 0.327 e. The summed E-state index contributed by atoms with van der Waals surface area (Å²) in [7, 11) is 0. The van der Waals surface area contributed by atoms with Gasteiger partial charge in [0.15, 0.2) is 0 Å². The molecule has 0 saturated heterocycles. The highest BCUT2D eigenvalue weighted by molar-refractivity contribution is 5.79. The molecular weight excluding hydrogens is 248 g/mol. The molecule has 0 aromatic heterocycles. The van der Waals surface area contributed by atoms with E-state index in [9.17, 15) is 4.79 Å². The van der Waals surface area contributed by atoms with E-state index in [-0.39, 0.29) is 0 Å². The molecule has 2 nitrogen and oxygen atoms in total. The fraction of sp³-hybridized carbons (Fsp3) is 0.722. The van der Waals surface area contributed by atoms with E-state index in [0.717, 1.165) is 12.8 Å². The van der Waals surface area contributed by atoms with Crippen LogP contribution in [-0.2, 0) is 4.79 Å². The summed E-state index contributed by atoms with van der Waals surface area (Å²) in [6, 6.07) is 0. The molecule has 0 heterocycles. The van der Waals surface area contributed by atoms with Crippen molar-refractivity contribution in [3.8, 4) is 0 Å². The van der Waals surface area contributed by atoms with E-state index in [0.29, 0.717) is 11.3 Å². The van der Waals surface area contributed by atoms with Crippen LogP contribution < -0.4 is 0 Å². The maximum absolute atomic E-state index is 10.5. The van der Waals surface area contributed by atoms with Crippen LogP contribution in [-0.4, -0.2) is 11.1 Å². The van der Waals surface area contributed by atoms with Gasteiger partial charge in [-0.25, -0.2) is 4.79 Å². The Bertz CT molecular complexity index is 419. The second kappa shape index (κ2) is 6.60. The molecule has 0 unspecified atom stereocenters. The largest absolute Gasteiger partial charge is 0.478 e. The molecule has 0 amide bonds. The molecule has 112 valence electrons. The lowest BCUT2D eigenvalue weighted by atomic mass is 9.67. The summed E-state index contributed by atoms with van der Waals surface area (Å²) in [5.74, 6) is -0.126. The number of fused-ring (bicyclic) bond motifs is 1. The topological polar surface area (TPSA) is 37.3 Å². The first-order valence-electron chi connectivity index (χ1n) is 8.18. The molecule has 2 aliphatic carbocycles. The van der Waals surface area contributed by atoms with Crippen LogP contribution in [0.4, 0.5) is 0 Å². The highest BCUT2D eigenvalue weighted by Crippen LogP contribution is 2.54. The second-order valence-electron chi connectivity index (χ2n) is 6.72. The van der Waals surface area contributed by atoms with E-state index in [2.05, 4.69) is 13.8 Å². The van der Waals surface area contributed by atoms with Gasteiger partial charge in [0, 0.05) is 6.08 Å². The smallest absolute Gasteiger partial charge is 0.327 e. The molecule has 2 atom stereocenters. The Balaban J connectivity index is 2.07. The van der Waals surface area contributed by atoms with Crippen molar-refractivity contribution in [1.82, 2.24) is 0 Å². The lowest BCUT2D eigenvalue weighted by Gasteiger charge is -2.38. The van der Waals surface area contributed by atoms with Gasteiger partial charge in [-0.3, -0.25) is 0 Å². The zero-order valence-electron chi connectivity index (χ0n) is 13.0. The van der Waals surface area contributed by atoms with Crippen LogP contribution in [0.1, 0.15) is 71.6 Å². The van der Waals surface area contributed by atoms with Crippen LogP contribution in [0.2, 0.25) is 0 Å². The minimum absolute atomic E-state index is 0.498. The number of hydrogen-bond acceptors (Lipinski definition) is 1. The molecule has 0 aromatic rings. The standard InChI is InChI=1S/C18H28O2/c1-3-7-15-14(8-4-5-10-17(19)20)11-13-18(2)12-6-9-16(15)18/h5,10,14H,3-4,6-9,11-13H2,1-2H3,(H,19,20)/b10-5+/t14-,18-/m0/s1. The average Bonchev–Trinajstić information content (AvgIpc) is 2.79. The van der Waals surface area contributed by atoms with Gasteiger partial charge in [0.25, 0.3) is 0 Å². The Labute approximate surface area is 123 Å². The van der Waals surface area contributed by atoms with E-state index < -0.39 is 5.97 Å². The SMILES string of the molecule is CCCC1=C2CCC[C@@]2(C)CC[C@@H]1CC/C=C/C(=O)O. The third-order valence-corrected chi connectivity index (χ3v) is 5.27. The highest BCUT2D eigenvalue weighted by atomic mass is 16.4. The summed E-state index contributed by atoms with van der Waals surface area (Å²) < 4.78 is 0. The van der Waals surface area contributed by atoms with Crippen LogP contribution >= 0.6 is 0 Å². The number of allylic oxidation sites excluding steroid dienone is 3. The molecule has 0 bridgehead atoms. The Morgan fingerprint density at radius 3 is 2.95 bits per heavy atom. The normalized spacial score (nSPS) is 30.0. The molecule has 1 fully saturated rings. The highest BCUT2D eigenvalue weighted by Gasteiger charge is 2.40. The molecule has 0 radical (unpaired) electrons. The van der Waals surface area contributed by atoms with E-state index in [1.54, 1.807) is 11.1 Å². The van der Waals surface area contributed by atoms with Crippen molar-refractivity contribution < 1.29 is 9.90 Å². The summed E-state index contributed by atoms with van der Waals surface area (Å²) in [5, 5.41) is 8.65. The van der Waals surface area contributed by atoms with E-state index in [1.165, 1.54) is 51.0 Å². The van der Waals surface area contributed by atoms with Crippen molar-refractivity contribution in [1.29, 1.82) is 0 Å². The molecule has 1 N–H and O–H groups in total. The van der Waals surface area contributed by atoms with Crippen LogP contribution in [0.25, 0.3) is 0 Å². The predicted molar refractivity (Wildman–Crippen MR) is 82.6 cm³/mol. The van der Waals surface area contributed by atoms with Gasteiger partial charge in [0.1, 0.15) is 0 Å². The Kier molecular flexibility index (Phi) is 5.06. The Morgan fingerprint density at radius 2 is 2.25 bits per heavy atom. The Morgan fingerprint density at radius 1 is 1.45 bits per heavy atom. The molecule has 2 rings (SSSR count). The average molecular weight is 276 g/mol. The van der Waals surface area contributed by atoms with Crippen LogP contribution in [0.3, 0.4) is 0 Å². The van der Waals surface area contributed by atoms with E-state index >= 15 is 0 Å². The van der Waals surface area contributed by atoms with Crippen molar-refractivity contribution in [2.75, 3.05) is 0 Å². The molecule has 0 spiro atoms. The van der Waals surface area contributed by atoms with Crippen molar-refractivity contribution in [2.24, 2.45) is 11.3 Å². The third kappa shape index (κ3) is 3.34. The first kappa shape index (κ1) is 15.3. The fourth-order valence-corrected chi connectivity index (χ4v) is 4.27. The Hall–Kier alpha value is -1.05. The second-order valence-corrected chi connectivity index (χ2v) is 6.72. The lowest BCUT2D eigenvalue weighted by Crippen LogP contribution is -2.25. The summed E-state index contributed by atoms with van der Waals surface area (Å²) >= 11 is 0. The number of hydrogen-bond donors (Lipinski definition) is 1. The summed E-state index contributed by atoms with van der Waals surface area (Å²) in [6.07, 6.45) is 14.3. The molecule has 20 heavy (non-hydrogen) atoms. The maximum atomic E-state index is 10.5. The van der Waals surface area contributed by atoms with Crippen LogP contribution in [0.5, 0.6) is 0 Å². The first-order valence-corrected chi connectivity index (χ1v) is 8.18. The summed E-state index contributed by atoms with van der Waals surface area (Å²) in [4.78, 5) is 10.5. The third-order valence-electron chi connectivity index (χ3n) is 5.27. The van der Waals surface area contributed by atoms with Gasteiger partial charge in [-0.2, -0.15) is 0 Å². The zero-order chi connectivity index (χ0) is 14.6. The number of carboxylic acid groups (broad SMARTS) is 1. The van der Waals surface area contributed by atoms with Gasteiger partial charge in [-0.15, -0.1) is 0 Å². The number of carboxylic acids is 1. The predicted octanol–water partition coefficient (Wildman–Crippen LogP) is 5.10. The zero-order valence-corrected chi connectivity index (χ0v) is 13.0. The molecule has 1 saturated carbocycles. The van der Waals surface area contributed by atoms with Gasteiger partial charge in [0.2, 0.25) is 0 Å². The minimum atomic E-state index is -0.829. The van der Waals surface area contributed by atoms with Gasteiger partial charge < -0.3 is 5.11 Å². The summed E-state index contributed by atoms with van der Waals surface area (Å²) in [6.45, 7) is 4.74.